The van der Waals surface area contributed by atoms with Crippen molar-refractivity contribution in [2.45, 2.75) is 64.8 Å². The number of carbonyl (C=O) groups is 3. The van der Waals surface area contributed by atoms with Gasteiger partial charge < -0.3 is 23.7 Å². The first kappa shape index (κ1) is 24.4. The number of benzene rings is 1. The van der Waals surface area contributed by atoms with E-state index in [9.17, 15) is 14.4 Å². The van der Waals surface area contributed by atoms with Crippen molar-refractivity contribution < 1.29 is 38.1 Å². The number of nitrogens with zero attached hydrogens (tertiary/aromatic N) is 1. The van der Waals surface area contributed by atoms with Gasteiger partial charge >= 0.3 is 18.0 Å². The van der Waals surface area contributed by atoms with Crippen LogP contribution in [-0.2, 0) is 23.8 Å². The summed E-state index contributed by atoms with van der Waals surface area (Å²) >= 11 is 0. The lowest BCUT2D eigenvalue weighted by atomic mass is 9.98. The maximum Gasteiger partial charge on any atom is 0.413 e. The van der Waals surface area contributed by atoms with Crippen LogP contribution in [0.5, 0.6) is 11.5 Å². The molecule has 0 spiro atoms. The summed E-state index contributed by atoms with van der Waals surface area (Å²) in [7, 11) is 1.26. The van der Waals surface area contributed by atoms with Gasteiger partial charge in [-0.2, -0.15) is 0 Å². The van der Waals surface area contributed by atoms with Crippen LogP contribution in [-0.4, -0.2) is 54.7 Å². The number of hydrogen-bond acceptors (Lipinski definition) is 8. The average Bonchev–Trinajstić information content (AvgIpc) is 3.33. The molecule has 1 amide bonds. The number of methoxy groups -OCH3 is 1. The molecule has 180 valence electrons. The minimum Gasteiger partial charge on any atom is -0.467 e. The maximum atomic E-state index is 12.9. The van der Waals surface area contributed by atoms with Crippen LogP contribution in [0, 0.1) is 5.92 Å². The monoisotopic (exact) mass is 461 g/mol. The predicted octanol–water partition coefficient (Wildman–Crippen LogP) is 3.90. The maximum absolute atomic E-state index is 12.9. The van der Waals surface area contributed by atoms with Crippen LogP contribution >= 0.6 is 0 Å². The van der Waals surface area contributed by atoms with E-state index in [1.54, 1.807) is 20.8 Å². The average molecular weight is 462 g/mol. The van der Waals surface area contributed by atoms with Crippen LogP contribution < -0.4 is 9.47 Å². The van der Waals surface area contributed by atoms with E-state index in [0.717, 1.165) is 11.3 Å². The number of likely N-dealkylation sites (tertiary alicyclic amines) is 1. The summed E-state index contributed by atoms with van der Waals surface area (Å²) < 4.78 is 26.6. The van der Waals surface area contributed by atoms with E-state index in [1.807, 2.05) is 30.4 Å². The molecule has 2 heterocycles. The van der Waals surface area contributed by atoms with Crippen LogP contribution in [0.15, 0.2) is 24.3 Å². The summed E-state index contributed by atoms with van der Waals surface area (Å²) in [6.45, 7) is 6.68. The second-order valence-corrected chi connectivity index (χ2v) is 9.01. The first-order chi connectivity index (χ1) is 15.6. The lowest BCUT2D eigenvalue weighted by Crippen LogP contribution is -2.49. The molecule has 1 unspecified atom stereocenters. The van der Waals surface area contributed by atoms with Gasteiger partial charge in [0.25, 0.3) is 0 Å². The molecule has 0 aliphatic carbocycles. The molecule has 1 fully saturated rings. The molecule has 0 radical (unpaired) electrons. The molecule has 1 saturated heterocycles. The molecule has 0 aromatic heterocycles. The lowest BCUT2D eigenvalue weighted by Gasteiger charge is -2.32. The second kappa shape index (κ2) is 10.1. The Morgan fingerprint density at radius 2 is 1.91 bits per heavy atom. The molecule has 9 heteroatoms. The number of ether oxygens (including phenoxy) is 5. The number of carbonyl (C=O) groups excluding carboxylic acids is 3. The largest absolute Gasteiger partial charge is 0.467 e. The molecule has 2 aliphatic heterocycles. The normalized spacial score (nSPS) is 21.8. The fourth-order valence-electron chi connectivity index (χ4n) is 3.94. The number of amides is 1. The fraction of sp³-hybridized carbons (Fsp3) is 0.542. The van der Waals surface area contributed by atoms with Gasteiger partial charge in [-0.1, -0.05) is 18.2 Å². The Morgan fingerprint density at radius 3 is 2.58 bits per heavy atom. The summed E-state index contributed by atoms with van der Waals surface area (Å²) in [6.07, 6.45) is 3.86. The Morgan fingerprint density at radius 1 is 1.18 bits per heavy atom. The van der Waals surface area contributed by atoms with Gasteiger partial charge in [-0.3, -0.25) is 9.69 Å². The van der Waals surface area contributed by atoms with Crippen molar-refractivity contribution in [3.8, 4) is 11.5 Å². The van der Waals surface area contributed by atoms with Crippen LogP contribution in [0.3, 0.4) is 0 Å². The standard InChI is InChI=1S/C24H31NO8/c1-15(26)32-21-17(9-7-6-8-16-10-11-19-20(12-16)31-14-30-19)13-18(22(27)29-5)25(21)23(28)33-24(2,3)4/h6,8,10-12,17-18,21H,7,9,13-14H2,1-5H3/b8-6+/t17-,18-,21?/m0/s1. The van der Waals surface area contributed by atoms with E-state index in [-0.39, 0.29) is 12.7 Å². The van der Waals surface area contributed by atoms with Gasteiger partial charge in [0.05, 0.1) is 7.11 Å². The highest BCUT2D eigenvalue weighted by Gasteiger charge is 2.50. The highest BCUT2D eigenvalue weighted by Crippen LogP contribution is 2.36. The number of esters is 2. The zero-order chi connectivity index (χ0) is 24.2. The van der Waals surface area contributed by atoms with Crippen LogP contribution in [0.25, 0.3) is 6.08 Å². The van der Waals surface area contributed by atoms with Gasteiger partial charge in [0.15, 0.2) is 17.7 Å². The summed E-state index contributed by atoms with van der Waals surface area (Å²) in [4.78, 5) is 38.3. The molecule has 1 aromatic rings. The Hall–Kier alpha value is -3.23. The van der Waals surface area contributed by atoms with Crippen molar-refractivity contribution in [1.82, 2.24) is 4.90 Å². The van der Waals surface area contributed by atoms with E-state index in [0.29, 0.717) is 25.0 Å². The molecule has 0 N–H and O–H groups in total. The van der Waals surface area contributed by atoms with Crippen molar-refractivity contribution in [2.24, 2.45) is 5.92 Å². The topological polar surface area (TPSA) is 101 Å². The van der Waals surface area contributed by atoms with Crippen LogP contribution in [0.4, 0.5) is 4.79 Å². The number of hydrogen-bond donors (Lipinski definition) is 0. The third-order valence-corrected chi connectivity index (χ3v) is 5.31. The van der Waals surface area contributed by atoms with Crippen LogP contribution in [0.2, 0.25) is 0 Å². The van der Waals surface area contributed by atoms with Crippen molar-refractivity contribution in [3.05, 3.63) is 29.8 Å². The van der Waals surface area contributed by atoms with Crippen molar-refractivity contribution in [3.63, 3.8) is 0 Å². The van der Waals surface area contributed by atoms with E-state index in [4.69, 9.17) is 23.7 Å². The minimum absolute atomic E-state index is 0.219. The van der Waals surface area contributed by atoms with Crippen molar-refractivity contribution in [1.29, 1.82) is 0 Å². The lowest BCUT2D eigenvalue weighted by molar-refractivity contribution is -0.161. The van der Waals surface area contributed by atoms with Gasteiger partial charge in [-0.25, -0.2) is 9.59 Å². The quantitative estimate of drug-likeness (QED) is 0.465. The Labute approximate surface area is 193 Å². The van der Waals surface area contributed by atoms with E-state index in [1.165, 1.54) is 18.9 Å². The first-order valence-corrected chi connectivity index (χ1v) is 10.9. The van der Waals surface area contributed by atoms with E-state index >= 15 is 0 Å². The second-order valence-electron chi connectivity index (χ2n) is 9.01. The number of fused-ring (bicyclic) bond motifs is 1. The van der Waals surface area contributed by atoms with Gasteiger partial charge in [0.1, 0.15) is 11.6 Å². The SMILES string of the molecule is COC(=O)[C@@H]1C[C@H](CC/C=C/c2ccc3c(c2)OCO3)C(OC(C)=O)N1C(=O)OC(C)(C)C. The van der Waals surface area contributed by atoms with E-state index in [2.05, 4.69) is 0 Å². The smallest absolute Gasteiger partial charge is 0.413 e. The highest BCUT2D eigenvalue weighted by atomic mass is 16.7. The summed E-state index contributed by atoms with van der Waals surface area (Å²) in [6, 6.07) is 4.79. The molecule has 33 heavy (non-hydrogen) atoms. The molecule has 0 bridgehead atoms. The third-order valence-electron chi connectivity index (χ3n) is 5.31. The molecule has 3 atom stereocenters. The summed E-state index contributed by atoms with van der Waals surface area (Å²) in [5.74, 6) is 0.0542. The van der Waals surface area contributed by atoms with Gasteiger partial charge in [-0.15, -0.1) is 0 Å². The fourth-order valence-corrected chi connectivity index (χ4v) is 3.94. The number of rotatable bonds is 6. The molecule has 1 aromatic carbocycles. The van der Waals surface area contributed by atoms with Gasteiger partial charge in [0, 0.05) is 12.8 Å². The molecule has 0 saturated carbocycles. The highest BCUT2D eigenvalue weighted by molar-refractivity contribution is 5.82. The molecule has 9 nitrogen and oxygen atoms in total. The third kappa shape index (κ3) is 6.18. The Balaban J connectivity index is 1.72. The van der Waals surface area contributed by atoms with Crippen molar-refractivity contribution in [2.75, 3.05) is 13.9 Å². The number of allylic oxidation sites excluding steroid dienone is 1. The Kier molecular flexibility index (Phi) is 7.50. The first-order valence-electron chi connectivity index (χ1n) is 10.9. The van der Waals surface area contributed by atoms with Crippen LogP contribution in [0.1, 0.15) is 52.5 Å². The van der Waals surface area contributed by atoms with Gasteiger partial charge in [0.2, 0.25) is 6.79 Å². The molecular weight excluding hydrogens is 430 g/mol. The molecule has 3 rings (SSSR count). The predicted molar refractivity (Wildman–Crippen MR) is 118 cm³/mol. The minimum atomic E-state index is -0.916. The summed E-state index contributed by atoms with van der Waals surface area (Å²) in [5.41, 5.74) is 0.189. The molecular formula is C24H31NO8. The molecule has 2 aliphatic rings. The van der Waals surface area contributed by atoms with Crippen molar-refractivity contribution >= 4 is 24.1 Å². The van der Waals surface area contributed by atoms with Gasteiger partial charge in [-0.05, 0) is 57.7 Å². The zero-order valence-corrected chi connectivity index (χ0v) is 19.7. The Bertz CT molecular complexity index is 920. The zero-order valence-electron chi connectivity index (χ0n) is 19.7. The summed E-state index contributed by atoms with van der Waals surface area (Å²) in [5, 5.41) is 0. The van der Waals surface area contributed by atoms with E-state index < -0.39 is 35.9 Å².